The third-order valence-electron chi connectivity index (χ3n) is 4.29. The Balaban J connectivity index is 0.00000312. The minimum absolute atomic E-state index is 0. The zero-order valence-corrected chi connectivity index (χ0v) is 18.0. The van der Waals surface area contributed by atoms with Gasteiger partial charge in [-0.1, -0.05) is 45.0 Å². The molecular weight excluding hydrogens is 425 g/mol. The summed E-state index contributed by atoms with van der Waals surface area (Å²) in [7, 11) is 1.80. The third-order valence-corrected chi connectivity index (χ3v) is 4.29. The van der Waals surface area contributed by atoms with Crippen LogP contribution in [0, 0.1) is 0 Å². The predicted octanol–water partition coefficient (Wildman–Crippen LogP) is 3.21. The molecule has 5 nitrogen and oxygen atoms in total. The lowest BCUT2D eigenvalue weighted by molar-refractivity contribution is 0.507. The predicted molar refractivity (Wildman–Crippen MR) is 116 cm³/mol. The number of hydrogen-bond donors (Lipinski definition) is 2. The number of guanidine groups is 1. The summed E-state index contributed by atoms with van der Waals surface area (Å²) < 4.78 is 2.04. The number of aromatic nitrogens is 2. The second-order valence-electron chi connectivity index (χ2n) is 6.59. The highest BCUT2D eigenvalue weighted by Crippen LogP contribution is 2.22. The summed E-state index contributed by atoms with van der Waals surface area (Å²) in [5.74, 6) is 0.827. The molecule has 0 radical (unpaired) electrons. The summed E-state index contributed by atoms with van der Waals surface area (Å²) in [6.07, 6.45) is 6.65. The van der Waals surface area contributed by atoms with E-state index < -0.39 is 0 Å². The van der Waals surface area contributed by atoms with Crippen LogP contribution in [0.15, 0.2) is 48.0 Å². The fourth-order valence-electron chi connectivity index (χ4n) is 2.54. The maximum Gasteiger partial charge on any atom is 0.191 e. The van der Waals surface area contributed by atoms with Crippen LogP contribution in [0.2, 0.25) is 0 Å². The highest BCUT2D eigenvalue weighted by atomic mass is 127. The van der Waals surface area contributed by atoms with E-state index >= 15 is 0 Å². The van der Waals surface area contributed by atoms with Gasteiger partial charge >= 0.3 is 0 Å². The lowest BCUT2D eigenvalue weighted by Gasteiger charge is -2.27. The molecule has 0 fully saturated rings. The van der Waals surface area contributed by atoms with E-state index in [9.17, 15) is 0 Å². The quantitative estimate of drug-likeness (QED) is 0.383. The minimum Gasteiger partial charge on any atom is -0.356 e. The minimum atomic E-state index is 0. The Hall–Kier alpha value is -1.57. The summed E-state index contributed by atoms with van der Waals surface area (Å²) >= 11 is 0. The molecule has 6 heteroatoms. The van der Waals surface area contributed by atoms with Gasteiger partial charge in [-0.2, -0.15) is 0 Å². The highest BCUT2D eigenvalue weighted by molar-refractivity contribution is 14.0. The fourth-order valence-corrected chi connectivity index (χ4v) is 2.54. The van der Waals surface area contributed by atoms with Crippen LogP contribution in [0.4, 0.5) is 0 Å². The van der Waals surface area contributed by atoms with Crippen molar-refractivity contribution >= 4 is 29.9 Å². The van der Waals surface area contributed by atoms with E-state index in [1.54, 1.807) is 13.2 Å². The first-order chi connectivity index (χ1) is 11.5. The average molecular weight is 455 g/mol. The van der Waals surface area contributed by atoms with Crippen LogP contribution in [-0.2, 0) is 18.4 Å². The van der Waals surface area contributed by atoms with E-state index in [4.69, 9.17) is 0 Å². The van der Waals surface area contributed by atoms with Gasteiger partial charge < -0.3 is 15.2 Å². The number of benzene rings is 1. The van der Waals surface area contributed by atoms with Crippen LogP contribution in [0.5, 0.6) is 0 Å². The first-order valence-electron chi connectivity index (χ1n) is 8.55. The smallest absolute Gasteiger partial charge is 0.191 e. The van der Waals surface area contributed by atoms with Gasteiger partial charge in [0, 0.05) is 44.5 Å². The van der Waals surface area contributed by atoms with Crippen molar-refractivity contribution in [2.45, 2.75) is 39.2 Å². The molecule has 2 N–H and O–H groups in total. The van der Waals surface area contributed by atoms with Crippen molar-refractivity contribution in [3.63, 3.8) is 0 Å². The first-order valence-corrected chi connectivity index (χ1v) is 8.55. The highest BCUT2D eigenvalue weighted by Gasteiger charge is 2.20. The summed E-state index contributed by atoms with van der Waals surface area (Å²) in [4.78, 5) is 8.34. The molecule has 0 aliphatic rings. The van der Waals surface area contributed by atoms with E-state index in [1.807, 2.05) is 17.1 Å². The molecule has 2 rings (SSSR count). The molecule has 0 saturated heterocycles. The second kappa shape index (κ2) is 10.4. The van der Waals surface area contributed by atoms with Crippen molar-refractivity contribution in [2.75, 3.05) is 20.1 Å². The summed E-state index contributed by atoms with van der Waals surface area (Å²) in [5, 5.41) is 6.77. The van der Waals surface area contributed by atoms with Crippen molar-refractivity contribution in [3.8, 4) is 0 Å². The van der Waals surface area contributed by atoms with Gasteiger partial charge in [0.1, 0.15) is 0 Å². The van der Waals surface area contributed by atoms with E-state index in [0.29, 0.717) is 0 Å². The van der Waals surface area contributed by atoms with Gasteiger partial charge in [-0.3, -0.25) is 4.99 Å². The number of rotatable bonds is 7. The summed E-state index contributed by atoms with van der Waals surface area (Å²) in [6, 6.07) is 8.90. The van der Waals surface area contributed by atoms with Crippen LogP contribution in [0.3, 0.4) is 0 Å². The van der Waals surface area contributed by atoms with Gasteiger partial charge in [-0.15, -0.1) is 24.0 Å². The Morgan fingerprint density at radius 3 is 2.48 bits per heavy atom. The van der Waals surface area contributed by atoms with Crippen LogP contribution >= 0.6 is 24.0 Å². The van der Waals surface area contributed by atoms with Gasteiger partial charge in [0.05, 0.1) is 6.33 Å². The van der Waals surface area contributed by atoms with Gasteiger partial charge in [0.2, 0.25) is 0 Å². The Bertz CT molecular complexity index is 632. The summed E-state index contributed by atoms with van der Waals surface area (Å²) in [6.45, 7) is 9.17. The van der Waals surface area contributed by atoms with E-state index in [0.717, 1.165) is 32.0 Å². The summed E-state index contributed by atoms with van der Waals surface area (Å²) in [5.41, 5.74) is 2.74. The molecule has 0 amide bonds. The second-order valence-corrected chi connectivity index (χ2v) is 6.59. The molecule has 0 unspecified atom stereocenters. The number of nitrogens with zero attached hydrogens (tertiary/aromatic N) is 3. The zero-order chi connectivity index (χ0) is 17.4. The van der Waals surface area contributed by atoms with Crippen LogP contribution < -0.4 is 10.6 Å². The number of aliphatic imine (C=N–C) groups is 1. The maximum absolute atomic E-state index is 4.30. The molecule has 0 aliphatic carbocycles. The standard InChI is InChI=1S/C19H29N5.HI/c1-5-16-6-8-17(9-7-16)19(2,3)14-23-18(20-4)22-11-13-24-12-10-21-15-24;/h6-10,12,15H,5,11,13-14H2,1-4H3,(H2,20,22,23);1H. The SMILES string of the molecule is CCc1ccc(C(C)(C)CNC(=NC)NCCn2ccnc2)cc1.I. The largest absolute Gasteiger partial charge is 0.356 e. The molecule has 25 heavy (non-hydrogen) atoms. The normalized spacial score (nSPS) is 11.8. The first kappa shape index (κ1) is 21.5. The molecule has 138 valence electrons. The van der Waals surface area contributed by atoms with Crippen molar-refractivity contribution in [1.29, 1.82) is 0 Å². The number of aryl methyl sites for hydroxylation is 1. The van der Waals surface area contributed by atoms with Gasteiger partial charge in [0.15, 0.2) is 5.96 Å². The molecule has 1 heterocycles. The lowest BCUT2D eigenvalue weighted by Crippen LogP contribution is -2.44. The van der Waals surface area contributed by atoms with Crippen molar-refractivity contribution < 1.29 is 0 Å². The topological polar surface area (TPSA) is 54.2 Å². The molecule has 0 saturated carbocycles. The van der Waals surface area contributed by atoms with Gasteiger partial charge in [-0.25, -0.2) is 4.98 Å². The number of imidazole rings is 1. The van der Waals surface area contributed by atoms with E-state index in [2.05, 4.69) is 65.6 Å². The lowest BCUT2D eigenvalue weighted by atomic mass is 9.84. The molecule has 1 aromatic heterocycles. The fraction of sp³-hybridized carbons (Fsp3) is 0.474. The molecule has 0 atom stereocenters. The van der Waals surface area contributed by atoms with Crippen molar-refractivity contribution in [2.24, 2.45) is 4.99 Å². The zero-order valence-electron chi connectivity index (χ0n) is 15.6. The van der Waals surface area contributed by atoms with Crippen LogP contribution in [0.1, 0.15) is 31.9 Å². The molecule has 1 aromatic carbocycles. The third kappa shape index (κ3) is 6.68. The average Bonchev–Trinajstić information content (AvgIpc) is 3.11. The van der Waals surface area contributed by atoms with Crippen LogP contribution in [-0.4, -0.2) is 35.6 Å². The Labute approximate surface area is 168 Å². The van der Waals surface area contributed by atoms with E-state index in [-0.39, 0.29) is 29.4 Å². The monoisotopic (exact) mass is 455 g/mol. The molecule has 0 spiro atoms. The van der Waals surface area contributed by atoms with Gasteiger partial charge in [0.25, 0.3) is 0 Å². The van der Waals surface area contributed by atoms with Crippen molar-refractivity contribution in [1.82, 2.24) is 20.2 Å². The number of hydrogen-bond acceptors (Lipinski definition) is 2. The number of halogens is 1. The molecule has 2 aromatic rings. The Kier molecular flexibility index (Phi) is 8.96. The van der Waals surface area contributed by atoms with E-state index in [1.165, 1.54) is 11.1 Å². The Morgan fingerprint density at radius 2 is 1.92 bits per heavy atom. The molecule has 0 aliphatic heterocycles. The molecule has 0 bridgehead atoms. The maximum atomic E-state index is 4.30. The Morgan fingerprint density at radius 1 is 1.20 bits per heavy atom. The van der Waals surface area contributed by atoms with Gasteiger partial charge in [-0.05, 0) is 17.5 Å². The van der Waals surface area contributed by atoms with Crippen LogP contribution in [0.25, 0.3) is 0 Å². The van der Waals surface area contributed by atoms with Crippen molar-refractivity contribution in [3.05, 3.63) is 54.1 Å². The number of nitrogens with one attached hydrogen (secondary N) is 2. The molecular formula is C19H30IN5.